The van der Waals surface area contributed by atoms with E-state index < -0.39 is 16.1 Å². The number of fused-ring (bicyclic) bond motifs is 14. The van der Waals surface area contributed by atoms with E-state index in [0.717, 1.165) is 43.9 Å². The van der Waals surface area contributed by atoms with Crippen LogP contribution in [0.25, 0.3) is 66.1 Å². The molecule has 9 aromatic carbocycles. The Morgan fingerprint density at radius 1 is 0.333 bits per heavy atom. The average molecular weight is 969 g/mol. The number of hydrogen-bond acceptors (Lipinski definition) is 4. The van der Waals surface area contributed by atoms with Gasteiger partial charge in [0.15, 0.2) is 0 Å². The molecule has 6 heteroatoms. The summed E-state index contributed by atoms with van der Waals surface area (Å²) < 4.78 is 14.6. The maximum absolute atomic E-state index is 7.28. The van der Waals surface area contributed by atoms with Crippen LogP contribution in [0, 0.1) is 55.4 Å². The molecule has 72 heavy (non-hydrogen) atoms. The molecule has 2 aromatic heterocycles. The van der Waals surface area contributed by atoms with Crippen molar-refractivity contribution in [1.82, 2.24) is 0 Å². The second-order valence-corrected chi connectivity index (χ2v) is 30.9. The van der Waals surface area contributed by atoms with Crippen LogP contribution in [-0.4, -0.2) is 16.1 Å². The molecule has 0 amide bonds. The van der Waals surface area contributed by atoms with Crippen molar-refractivity contribution in [3.05, 3.63) is 190 Å². The number of para-hydroxylation sites is 2. The van der Waals surface area contributed by atoms with E-state index in [1.807, 2.05) is 0 Å². The lowest BCUT2D eigenvalue weighted by Crippen LogP contribution is -2.51. The summed E-state index contributed by atoms with van der Waals surface area (Å²) in [4.78, 5) is 5.06. The molecule has 0 spiro atoms. The molecule has 0 atom stereocenters. The topological polar surface area (TPSA) is 32.8 Å². The third-order valence-electron chi connectivity index (χ3n) is 16.5. The second kappa shape index (κ2) is 15.6. The summed E-state index contributed by atoms with van der Waals surface area (Å²) in [5, 5.41) is 10.3. The fourth-order valence-electron chi connectivity index (χ4n) is 13.0. The van der Waals surface area contributed by atoms with Crippen LogP contribution >= 0.6 is 0 Å². The van der Waals surface area contributed by atoms with Crippen LogP contribution in [0.4, 0.5) is 34.1 Å². The van der Waals surface area contributed by atoms with Crippen LogP contribution in [0.1, 0.15) is 44.5 Å². The van der Waals surface area contributed by atoms with Crippen molar-refractivity contribution in [2.45, 2.75) is 81.6 Å². The van der Waals surface area contributed by atoms with Gasteiger partial charge in [0.25, 0.3) is 0 Å². The van der Waals surface area contributed by atoms with Gasteiger partial charge in [0.1, 0.15) is 38.5 Å². The molecule has 0 bridgehead atoms. The highest BCUT2D eigenvalue weighted by molar-refractivity contribution is 7.06. The predicted molar refractivity (Wildman–Crippen MR) is 313 cm³/mol. The van der Waals surface area contributed by atoms with Crippen molar-refractivity contribution < 1.29 is 8.83 Å². The molecule has 0 radical (unpaired) electrons. The van der Waals surface area contributed by atoms with E-state index in [4.69, 9.17) is 8.83 Å². The van der Waals surface area contributed by atoms with Gasteiger partial charge in [0.05, 0.1) is 22.1 Å². The highest BCUT2D eigenvalue weighted by atomic mass is 28.3. The van der Waals surface area contributed by atoms with Gasteiger partial charge in [-0.15, -0.1) is 0 Å². The van der Waals surface area contributed by atoms with Gasteiger partial charge in [0.2, 0.25) is 0 Å². The molecule has 354 valence electrons. The minimum atomic E-state index is -2.43. The Kier molecular flexibility index (Phi) is 9.63. The van der Waals surface area contributed by atoms with E-state index in [-0.39, 0.29) is 0 Å². The molecule has 4 heterocycles. The Morgan fingerprint density at radius 3 is 0.972 bits per heavy atom. The monoisotopic (exact) mass is 968 g/mol. The van der Waals surface area contributed by atoms with Crippen molar-refractivity contribution in [1.29, 1.82) is 0 Å². The Hall–Kier alpha value is -7.39. The predicted octanol–water partition coefficient (Wildman–Crippen LogP) is 16.5. The van der Waals surface area contributed by atoms with E-state index in [9.17, 15) is 0 Å². The van der Waals surface area contributed by atoms with Gasteiger partial charge in [-0.1, -0.05) is 146 Å². The number of benzene rings is 9. The third kappa shape index (κ3) is 6.28. The molecule has 11 aromatic rings. The van der Waals surface area contributed by atoms with Crippen LogP contribution in [0.2, 0.25) is 26.2 Å². The number of rotatable bonds is 6. The smallest absolute Gasteiger partial charge is 0.145 e. The highest BCUT2D eigenvalue weighted by Gasteiger charge is 2.47. The maximum atomic E-state index is 7.28. The standard InChI is InChI=1S/C66H60N2O2Si2/c1-37-21-25-49(41(5)29-37)67(50-26-22-38(2)30-42(50)6)53-35-59-63(65-61(53)45-17-13-15-19-55(45)69-65)47-33-58-48(34-57(47)71(59,9)10)64-60(72(58,11)12)36-54(62-46-18-14-16-20-56(46)70-66(62)64)68(51-27-23-39(3)31-43(51)7)52-28-24-40(4)32-44(52)8/h13-36H,1-12H3. The first-order valence-corrected chi connectivity index (χ1v) is 31.6. The van der Waals surface area contributed by atoms with Crippen molar-refractivity contribution in [2.24, 2.45) is 0 Å². The number of furan rings is 2. The van der Waals surface area contributed by atoms with Crippen LogP contribution in [0.5, 0.6) is 0 Å². The molecule has 0 aliphatic carbocycles. The van der Waals surface area contributed by atoms with Gasteiger partial charge in [0, 0.05) is 44.6 Å². The van der Waals surface area contributed by atoms with Crippen molar-refractivity contribution in [3.63, 3.8) is 0 Å². The lowest BCUT2D eigenvalue weighted by atomic mass is 9.95. The quantitative estimate of drug-likeness (QED) is 0.155. The van der Waals surface area contributed by atoms with Crippen molar-refractivity contribution >= 4 is 115 Å². The zero-order valence-electron chi connectivity index (χ0n) is 43.6. The summed E-state index contributed by atoms with van der Waals surface area (Å²) in [6.45, 7) is 28.0. The van der Waals surface area contributed by atoms with Gasteiger partial charge in [-0.2, -0.15) is 0 Å². The molecule has 4 nitrogen and oxygen atoms in total. The summed E-state index contributed by atoms with van der Waals surface area (Å²) in [6, 6.07) is 55.2. The molecule has 0 N–H and O–H groups in total. The lowest BCUT2D eigenvalue weighted by Gasteiger charge is -2.31. The highest BCUT2D eigenvalue weighted by Crippen LogP contribution is 2.52. The Morgan fingerprint density at radius 2 is 0.653 bits per heavy atom. The maximum Gasteiger partial charge on any atom is 0.145 e. The summed E-state index contributed by atoms with van der Waals surface area (Å²) >= 11 is 0. The summed E-state index contributed by atoms with van der Waals surface area (Å²) in [7, 11) is -4.86. The van der Waals surface area contributed by atoms with E-state index in [0.29, 0.717) is 0 Å². The van der Waals surface area contributed by atoms with E-state index in [1.54, 1.807) is 0 Å². The molecule has 13 rings (SSSR count). The first-order valence-electron chi connectivity index (χ1n) is 25.6. The van der Waals surface area contributed by atoms with Crippen LogP contribution in [-0.2, 0) is 0 Å². The van der Waals surface area contributed by atoms with Gasteiger partial charge in [-0.25, -0.2) is 0 Å². The number of hydrogen-bond donors (Lipinski definition) is 0. The second-order valence-electron chi connectivity index (χ2n) is 22.3. The van der Waals surface area contributed by atoms with Crippen LogP contribution in [0.3, 0.4) is 0 Å². The first kappa shape index (κ1) is 44.5. The summed E-state index contributed by atoms with van der Waals surface area (Å²) in [5.41, 5.74) is 26.0. The van der Waals surface area contributed by atoms with E-state index in [1.165, 1.54) is 122 Å². The normalized spacial score (nSPS) is 14.1. The Labute approximate surface area is 425 Å². The van der Waals surface area contributed by atoms with Gasteiger partial charge in [-0.05, 0) is 158 Å². The molecule has 0 unspecified atom stereocenters. The zero-order chi connectivity index (χ0) is 49.9. The van der Waals surface area contributed by atoms with Gasteiger partial charge in [-0.3, -0.25) is 0 Å². The van der Waals surface area contributed by atoms with Crippen molar-refractivity contribution in [2.75, 3.05) is 9.80 Å². The number of aryl methyl sites for hydroxylation is 8. The number of anilines is 6. The van der Waals surface area contributed by atoms with Crippen LogP contribution < -0.4 is 30.5 Å². The van der Waals surface area contributed by atoms with Gasteiger partial charge >= 0.3 is 0 Å². The molecular formula is C66H60N2O2Si2. The zero-order valence-corrected chi connectivity index (χ0v) is 45.6. The van der Waals surface area contributed by atoms with Crippen molar-refractivity contribution in [3.8, 4) is 22.3 Å². The molecule has 2 aliphatic heterocycles. The fourth-order valence-corrected chi connectivity index (χ4v) is 19.0. The van der Waals surface area contributed by atoms with E-state index >= 15 is 0 Å². The van der Waals surface area contributed by atoms with Crippen LogP contribution in [0.15, 0.2) is 154 Å². The first-order chi connectivity index (χ1) is 34.5. The molecule has 0 saturated carbocycles. The lowest BCUT2D eigenvalue weighted by molar-refractivity contribution is 0.670. The minimum Gasteiger partial charge on any atom is -0.455 e. The Balaban J connectivity index is 1.09. The average Bonchev–Trinajstić information content (AvgIpc) is 4.04. The summed E-state index contributed by atoms with van der Waals surface area (Å²) in [5.74, 6) is 0. The minimum absolute atomic E-state index is 0.913. The largest absolute Gasteiger partial charge is 0.455 e. The van der Waals surface area contributed by atoms with E-state index in [2.05, 4.69) is 237 Å². The Bertz CT molecular complexity index is 3800. The third-order valence-corrected chi connectivity index (χ3v) is 23.5. The SMILES string of the molecule is Cc1ccc(N(c2ccc(C)cc2C)c2cc3c(c4oc5ccccc5c24)-c2cc4c(cc2[Si]3(C)C)-c2c(cc(N(c3ccc(C)cc3C)c3ccc(C)cc3C)c3c2oc2ccccc23)[Si]4(C)C)c(C)c1. The number of nitrogens with zero attached hydrogens (tertiary/aromatic N) is 2. The molecular weight excluding hydrogens is 909 g/mol. The molecule has 0 saturated heterocycles. The molecule has 2 aliphatic rings. The fraction of sp³-hybridized carbons (Fsp3) is 0.182. The molecule has 0 fully saturated rings. The summed E-state index contributed by atoms with van der Waals surface area (Å²) in [6.07, 6.45) is 0. The van der Waals surface area contributed by atoms with Gasteiger partial charge < -0.3 is 18.6 Å².